The van der Waals surface area contributed by atoms with Crippen LogP contribution in [0.5, 0.6) is 0 Å². The molecule has 0 spiro atoms. The lowest BCUT2D eigenvalue weighted by atomic mass is 10.1. The lowest BCUT2D eigenvalue weighted by Crippen LogP contribution is -2.18. The Labute approximate surface area is 118 Å². The Hall–Kier alpha value is 0.110. The molecular weight excluding hydrogens is 263 g/mol. The molecule has 5 heteroatoms. The average Bonchev–Trinajstić information content (AvgIpc) is 2.26. The van der Waals surface area contributed by atoms with Crippen molar-refractivity contribution in [1.29, 1.82) is 0 Å². The standard InChI is InChI=1S/C14H31O4P/c1-6-7-8-9-10-11-14(15)19(16,17-12(2)3)18-13(4)5/h12-15H,6-11H2,1-5H3/t14-/m1/s1. The molecule has 0 amide bonds. The first-order chi connectivity index (χ1) is 8.81. The molecule has 1 atom stereocenters. The van der Waals surface area contributed by atoms with Gasteiger partial charge < -0.3 is 14.2 Å². The second kappa shape index (κ2) is 9.93. The first kappa shape index (κ1) is 19.1. The molecule has 0 rings (SSSR count). The quantitative estimate of drug-likeness (QED) is 0.443. The summed E-state index contributed by atoms with van der Waals surface area (Å²) >= 11 is 0. The van der Waals surface area contributed by atoms with E-state index in [1.807, 2.05) is 0 Å². The summed E-state index contributed by atoms with van der Waals surface area (Å²) in [5.74, 6) is -1.01. The van der Waals surface area contributed by atoms with E-state index in [1.165, 1.54) is 12.8 Å². The summed E-state index contributed by atoms with van der Waals surface area (Å²) in [7, 11) is -3.42. The van der Waals surface area contributed by atoms with Crippen molar-refractivity contribution in [2.45, 2.75) is 91.2 Å². The number of unbranched alkanes of at least 4 members (excludes halogenated alkanes) is 4. The fourth-order valence-electron chi connectivity index (χ4n) is 1.84. The minimum Gasteiger partial charge on any atom is -0.380 e. The van der Waals surface area contributed by atoms with E-state index in [4.69, 9.17) is 9.05 Å². The van der Waals surface area contributed by atoms with Crippen LogP contribution in [0.1, 0.15) is 73.1 Å². The highest BCUT2D eigenvalue weighted by Gasteiger charge is 2.36. The molecule has 0 aromatic carbocycles. The van der Waals surface area contributed by atoms with Gasteiger partial charge in [-0.15, -0.1) is 0 Å². The van der Waals surface area contributed by atoms with Gasteiger partial charge in [0, 0.05) is 0 Å². The third-order valence-corrected chi connectivity index (χ3v) is 5.07. The maximum absolute atomic E-state index is 12.6. The van der Waals surface area contributed by atoms with Gasteiger partial charge in [0.1, 0.15) is 0 Å². The molecule has 0 aliphatic carbocycles. The second-order valence-corrected chi connectivity index (χ2v) is 7.63. The Bertz CT molecular complexity index is 252. The number of rotatable bonds is 11. The molecule has 1 N–H and O–H groups in total. The molecular formula is C14H31O4P. The van der Waals surface area contributed by atoms with Crippen LogP contribution in [-0.4, -0.2) is 23.2 Å². The van der Waals surface area contributed by atoms with Crippen LogP contribution < -0.4 is 0 Å². The third kappa shape index (κ3) is 8.80. The number of hydrogen-bond donors (Lipinski definition) is 1. The summed E-state index contributed by atoms with van der Waals surface area (Å²) in [5, 5.41) is 10.1. The maximum atomic E-state index is 12.6. The van der Waals surface area contributed by atoms with Gasteiger partial charge >= 0.3 is 7.60 Å². The molecule has 0 aliphatic heterocycles. The Kier molecular flexibility index (Phi) is 9.98. The van der Waals surface area contributed by atoms with E-state index >= 15 is 0 Å². The van der Waals surface area contributed by atoms with Gasteiger partial charge in [0.15, 0.2) is 5.85 Å². The molecule has 0 aliphatic rings. The second-order valence-electron chi connectivity index (χ2n) is 5.53. The summed E-state index contributed by atoms with van der Waals surface area (Å²) in [6, 6.07) is 0. The molecule has 4 nitrogen and oxygen atoms in total. The predicted molar refractivity (Wildman–Crippen MR) is 79.4 cm³/mol. The van der Waals surface area contributed by atoms with Crippen LogP contribution in [0.15, 0.2) is 0 Å². The van der Waals surface area contributed by atoms with E-state index in [0.29, 0.717) is 6.42 Å². The van der Waals surface area contributed by atoms with E-state index < -0.39 is 13.4 Å². The lowest BCUT2D eigenvalue weighted by Gasteiger charge is -2.26. The molecule has 19 heavy (non-hydrogen) atoms. The van der Waals surface area contributed by atoms with Crippen molar-refractivity contribution in [3.63, 3.8) is 0 Å². The zero-order valence-corrected chi connectivity index (χ0v) is 14.0. The van der Waals surface area contributed by atoms with Crippen LogP contribution in [0.25, 0.3) is 0 Å². The highest BCUT2D eigenvalue weighted by atomic mass is 31.2. The average molecular weight is 294 g/mol. The summed E-state index contributed by atoms with van der Waals surface area (Å²) in [4.78, 5) is 0. The number of aliphatic hydroxyl groups is 1. The van der Waals surface area contributed by atoms with E-state index in [2.05, 4.69) is 6.92 Å². The minimum atomic E-state index is -3.42. The SMILES string of the molecule is CCCCCCC[C@H](O)P(=O)(OC(C)C)OC(C)C. The molecule has 0 bridgehead atoms. The van der Waals surface area contributed by atoms with E-state index in [9.17, 15) is 9.67 Å². The minimum absolute atomic E-state index is 0.223. The summed E-state index contributed by atoms with van der Waals surface area (Å²) in [5.41, 5.74) is 0. The van der Waals surface area contributed by atoms with Gasteiger partial charge in [-0.25, -0.2) is 0 Å². The van der Waals surface area contributed by atoms with Crippen molar-refractivity contribution in [3.8, 4) is 0 Å². The molecule has 0 saturated heterocycles. The Morgan fingerprint density at radius 1 is 0.947 bits per heavy atom. The van der Waals surface area contributed by atoms with Crippen LogP contribution in [0.2, 0.25) is 0 Å². The van der Waals surface area contributed by atoms with Gasteiger partial charge in [-0.05, 0) is 34.1 Å². The molecule has 0 fully saturated rings. The highest BCUT2D eigenvalue weighted by molar-refractivity contribution is 7.54. The molecule has 0 heterocycles. The first-order valence-corrected chi connectivity index (χ1v) is 9.07. The zero-order chi connectivity index (χ0) is 14.9. The maximum Gasteiger partial charge on any atom is 0.359 e. The van der Waals surface area contributed by atoms with E-state index in [1.54, 1.807) is 27.7 Å². The van der Waals surface area contributed by atoms with Gasteiger partial charge in [-0.1, -0.05) is 39.0 Å². The normalized spacial score (nSPS) is 14.3. The molecule has 116 valence electrons. The van der Waals surface area contributed by atoms with Crippen molar-refractivity contribution in [1.82, 2.24) is 0 Å². The Morgan fingerprint density at radius 2 is 1.42 bits per heavy atom. The largest absolute Gasteiger partial charge is 0.380 e. The van der Waals surface area contributed by atoms with Crippen LogP contribution >= 0.6 is 7.60 Å². The van der Waals surface area contributed by atoms with Crippen LogP contribution in [0, 0.1) is 0 Å². The fourth-order valence-corrected chi connectivity index (χ4v) is 3.85. The third-order valence-electron chi connectivity index (χ3n) is 2.65. The van der Waals surface area contributed by atoms with E-state index in [-0.39, 0.29) is 12.2 Å². The van der Waals surface area contributed by atoms with Crippen molar-refractivity contribution in [2.75, 3.05) is 0 Å². The first-order valence-electron chi connectivity index (χ1n) is 7.46. The van der Waals surface area contributed by atoms with Crippen molar-refractivity contribution in [3.05, 3.63) is 0 Å². The summed E-state index contributed by atoms with van der Waals surface area (Å²) in [6.45, 7) is 9.35. The van der Waals surface area contributed by atoms with Crippen LogP contribution in [-0.2, 0) is 13.6 Å². The van der Waals surface area contributed by atoms with Gasteiger partial charge in [-0.2, -0.15) is 0 Å². The number of aliphatic hydroxyl groups excluding tert-OH is 1. The van der Waals surface area contributed by atoms with Gasteiger partial charge in [0.25, 0.3) is 0 Å². The Morgan fingerprint density at radius 3 is 1.84 bits per heavy atom. The lowest BCUT2D eigenvalue weighted by molar-refractivity contribution is 0.0972. The van der Waals surface area contributed by atoms with Crippen LogP contribution in [0.3, 0.4) is 0 Å². The molecule has 0 aromatic rings. The molecule has 0 radical (unpaired) electrons. The van der Waals surface area contributed by atoms with Gasteiger partial charge in [0.05, 0.1) is 12.2 Å². The molecule has 0 aromatic heterocycles. The smallest absolute Gasteiger partial charge is 0.359 e. The highest BCUT2D eigenvalue weighted by Crippen LogP contribution is 2.55. The van der Waals surface area contributed by atoms with Gasteiger partial charge in [0.2, 0.25) is 0 Å². The van der Waals surface area contributed by atoms with Crippen molar-refractivity contribution >= 4 is 7.60 Å². The molecule has 0 unspecified atom stereocenters. The summed E-state index contributed by atoms with van der Waals surface area (Å²) in [6.07, 6.45) is 5.48. The van der Waals surface area contributed by atoms with Crippen LogP contribution in [0.4, 0.5) is 0 Å². The topological polar surface area (TPSA) is 55.8 Å². The summed E-state index contributed by atoms with van der Waals surface area (Å²) < 4.78 is 23.3. The number of hydrogen-bond acceptors (Lipinski definition) is 4. The Balaban J connectivity index is 4.30. The fraction of sp³-hybridized carbons (Fsp3) is 1.00. The monoisotopic (exact) mass is 294 g/mol. The van der Waals surface area contributed by atoms with Crippen molar-refractivity contribution < 1.29 is 18.7 Å². The zero-order valence-electron chi connectivity index (χ0n) is 13.1. The molecule has 0 saturated carbocycles. The predicted octanol–water partition coefficient (Wildman–Crippen LogP) is 4.71. The van der Waals surface area contributed by atoms with Gasteiger partial charge in [-0.3, -0.25) is 4.57 Å². The van der Waals surface area contributed by atoms with Crippen molar-refractivity contribution in [2.24, 2.45) is 0 Å². The van der Waals surface area contributed by atoms with E-state index in [0.717, 1.165) is 19.3 Å².